The molecule has 0 unspecified atom stereocenters. The third kappa shape index (κ3) is 4.11. The Morgan fingerprint density at radius 3 is 2.28 bits per heavy atom. The van der Waals surface area contributed by atoms with E-state index in [1.165, 1.54) is 18.2 Å². The standard InChI is InChI=1S/C23H15ClFNO2S/c24-19-7-4-8-20(25)18(19)14-26-22(27)21(29-23(26)28)13-15-9-11-17(12-10-15)16-5-2-1-3-6-16/h1-13H,14H2/b21-13-. The van der Waals surface area contributed by atoms with Crippen molar-refractivity contribution in [3.63, 3.8) is 0 Å². The average molecular weight is 424 g/mol. The minimum absolute atomic E-state index is 0.130. The quantitative estimate of drug-likeness (QED) is 0.457. The van der Waals surface area contributed by atoms with Crippen molar-refractivity contribution >= 4 is 40.6 Å². The lowest BCUT2D eigenvalue weighted by Crippen LogP contribution is -2.28. The van der Waals surface area contributed by atoms with E-state index in [1.54, 1.807) is 6.08 Å². The molecule has 3 aromatic rings. The number of hydrogen-bond donors (Lipinski definition) is 0. The van der Waals surface area contributed by atoms with Crippen LogP contribution in [0.3, 0.4) is 0 Å². The van der Waals surface area contributed by atoms with Crippen LogP contribution in [-0.4, -0.2) is 16.0 Å². The topological polar surface area (TPSA) is 37.4 Å². The Kier molecular flexibility index (Phi) is 5.51. The van der Waals surface area contributed by atoms with E-state index in [1.807, 2.05) is 54.6 Å². The average Bonchev–Trinajstić information content (AvgIpc) is 2.99. The highest BCUT2D eigenvalue weighted by molar-refractivity contribution is 8.18. The zero-order valence-electron chi connectivity index (χ0n) is 15.1. The van der Waals surface area contributed by atoms with Crippen molar-refractivity contribution in [1.29, 1.82) is 0 Å². The lowest BCUT2D eigenvalue weighted by Gasteiger charge is -2.14. The smallest absolute Gasteiger partial charge is 0.268 e. The van der Waals surface area contributed by atoms with Gasteiger partial charge in [-0.15, -0.1) is 0 Å². The van der Waals surface area contributed by atoms with Gasteiger partial charge in [0.15, 0.2) is 0 Å². The fourth-order valence-corrected chi connectivity index (χ4v) is 4.09. The summed E-state index contributed by atoms with van der Waals surface area (Å²) in [4.78, 5) is 26.3. The maximum Gasteiger partial charge on any atom is 0.293 e. The third-order valence-corrected chi connectivity index (χ3v) is 5.83. The van der Waals surface area contributed by atoms with Crippen molar-refractivity contribution < 1.29 is 14.0 Å². The van der Waals surface area contributed by atoms with Crippen molar-refractivity contribution in [2.45, 2.75) is 6.54 Å². The second-order valence-electron chi connectivity index (χ2n) is 6.46. The minimum Gasteiger partial charge on any atom is -0.268 e. The Balaban J connectivity index is 1.55. The molecule has 0 saturated carbocycles. The number of rotatable bonds is 4. The summed E-state index contributed by atoms with van der Waals surface area (Å²) in [6, 6.07) is 21.9. The highest BCUT2D eigenvalue weighted by Gasteiger charge is 2.35. The summed E-state index contributed by atoms with van der Waals surface area (Å²) in [5, 5.41) is -0.258. The van der Waals surface area contributed by atoms with E-state index >= 15 is 0 Å². The molecular formula is C23H15ClFNO2S. The summed E-state index contributed by atoms with van der Waals surface area (Å²) >= 11 is 6.87. The SMILES string of the molecule is O=C1S/C(=C\c2ccc(-c3ccccc3)cc2)C(=O)N1Cc1c(F)cccc1Cl. The first-order valence-electron chi connectivity index (χ1n) is 8.86. The van der Waals surface area contributed by atoms with E-state index in [2.05, 4.69) is 0 Å². The van der Waals surface area contributed by atoms with Crippen molar-refractivity contribution in [3.05, 3.63) is 99.7 Å². The number of hydrogen-bond acceptors (Lipinski definition) is 3. The number of imide groups is 1. The molecule has 0 bridgehead atoms. The van der Waals surface area contributed by atoms with Crippen LogP contribution in [0.15, 0.2) is 77.7 Å². The first kappa shape index (κ1) is 19.4. The second kappa shape index (κ2) is 8.23. The largest absolute Gasteiger partial charge is 0.293 e. The molecule has 144 valence electrons. The number of carbonyl (C=O) groups excluding carboxylic acids is 2. The molecule has 3 aromatic carbocycles. The summed E-state index contributed by atoms with van der Waals surface area (Å²) in [6.45, 7) is -0.194. The normalized spacial score (nSPS) is 15.4. The number of amides is 2. The number of halogens is 2. The molecule has 1 saturated heterocycles. The Labute approximate surface area is 176 Å². The van der Waals surface area contributed by atoms with Crippen LogP contribution in [0.4, 0.5) is 9.18 Å². The number of benzene rings is 3. The molecule has 4 rings (SSSR count). The lowest BCUT2D eigenvalue weighted by molar-refractivity contribution is -0.123. The van der Waals surface area contributed by atoms with E-state index in [9.17, 15) is 14.0 Å². The summed E-state index contributed by atoms with van der Waals surface area (Å²) in [5.74, 6) is -0.997. The van der Waals surface area contributed by atoms with Crippen LogP contribution in [0.1, 0.15) is 11.1 Å². The van der Waals surface area contributed by atoms with Gasteiger partial charge >= 0.3 is 0 Å². The number of carbonyl (C=O) groups is 2. The molecule has 0 aromatic heterocycles. The molecule has 29 heavy (non-hydrogen) atoms. The van der Waals surface area contributed by atoms with Gasteiger partial charge in [-0.25, -0.2) is 4.39 Å². The van der Waals surface area contributed by atoms with Crippen LogP contribution >= 0.6 is 23.4 Å². The molecule has 6 heteroatoms. The van der Waals surface area contributed by atoms with Crippen LogP contribution < -0.4 is 0 Å². The molecule has 0 N–H and O–H groups in total. The first-order chi connectivity index (χ1) is 14.0. The number of thioether (sulfide) groups is 1. The van der Waals surface area contributed by atoms with Gasteiger partial charge in [0.25, 0.3) is 11.1 Å². The van der Waals surface area contributed by atoms with Crippen molar-refractivity contribution in [1.82, 2.24) is 4.90 Å². The third-order valence-electron chi connectivity index (χ3n) is 4.57. The van der Waals surface area contributed by atoms with E-state index in [0.29, 0.717) is 4.91 Å². The van der Waals surface area contributed by atoms with Crippen molar-refractivity contribution in [3.8, 4) is 11.1 Å². The van der Waals surface area contributed by atoms with Gasteiger partial charge in [-0.1, -0.05) is 72.3 Å². The van der Waals surface area contributed by atoms with Crippen LogP contribution in [0.5, 0.6) is 0 Å². The highest BCUT2D eigenvalue weighted by Crippen LogP contribution is 2.34. The van der Waals surface area contributed by atoms with Gasteiger partial charge in [-0.05, 0) is 46.7 Å². The van der Waals surface area contributed by atoms with Gasteiger partial charge in [0.05, 0.1) is 11.4 Å². The Bertz CT molecular complexity index is 1090. The summed E-state index contributed by atoms with van der Waals surface area (Å²) < 4.78 is 14.0. The van der Waals surface area contributed by atoms with E-state index in [0.717, 1.165) is 33.4 Å². The first-order valence-corrected chi connectivity index (χ1v) is 10.1. The van der Waals surface area contributed by atoms with Gasteiger partial charge in [0.2, 0.25) is 0 Å². The second-order valence-corrected chi connectivity index (χ2v) is 7.86. The maximum atomic E-state index is 14.0. The molecule has 0 atom stereocenters. The molecule has 0 aliphatic carbocycles. The molecular weight excluding hydrogens is 409 g/mol. The Morgan fingerprint density at radius 1 is 0.897 bits per heavy atom. The summed E-state index contributed by atoms with van der Waals surface area (Å²) in [5.41, 5.74) is 3.09. The fourth-order valence-electron chi connectivity index (χ4n) is 3.03. The Morgan fingerprint density at radius 2 is 1.59 bits per heavy atom. The molecule has 1 fully saturated rings. The lowest BCUT2D eigenvalue weighted by atomic mass is 10.0. The number of nitrogens with zero attached hydrogens (tertiary/aromatic N) is 1. The van der Waals surface area contributed by atoms with E-state index < -0.39 is 17.0 Å². The zero-order chi connectivity index (χ0) is 20.4. The van der Waals surface area contributed by atoms with Crippen LogP contribution in [0, 0.1) is 5.82 Å². The summed E-state index contributed by atoms with van der Waals surface area (Å²) in [7, 11) is 0. The van der Waals surface area contributed by atoms with Crippen molar-refractivity contribution in [2.24, 2.45) is 0 Å². The van der Waals surface area contributed by atoms with E-state index in [4.69, 9.17) is 11.6 Å². The summed E-state index contributed by atoms with van der Waals surface area (Å²) in [6.07, 6.45) is 1.67. The maximum absolute atomic E-state index is 14.0. The van der Waals surface area contributed by atoms with Crippen LogP contribution in [0.25, 0.3) is 17.2 Å². The van der Waals surface area contributed by atoms with Gasteiger partial charge in [0.1, 0.15) is 5.82 Å². The highest BCUT2D eigenvalue weighted by atomic mass is 35.5. The molecule has 0 spiro atoms. The van der Waals surface area contributed by atoms with E-state index in [-0.39, 0.29) is 17.1 Å². The molecule has 1 heterocycles. The van der Waals surface area contributed by atoms with Crippen LogP contribution in [0.2, 0.25) is 5.02 Å². The zero-order valence-corrected chi connectivity index (χ0v) is 16.7. The Hall–Kier alpha value is -2.89. The fraction of sp³-hybridized carbons (Fsp3) is 0.0435. The van der Waals surface area contributed by atoms with Crippen LogP contribution in [-0.2, 0) is 11.3 Å². The van der Waals surface area contributed by atoms with Gasteiger partial charge in [-0.3, -0.25) is 14.5 Å². The van der Waals surface area contributed by atoms with Gasteiger partial charge < -0.3 is 0 Å². The van der Waals surface area contributed by atoms with Crippen molar-refractivity contribution in [2.75, 3.05) is 0 Å². The van der Waals surface area contributed by atoms with Gasteiger partial charge in [0, 0.05) is 10.6 Å². The molecule has 3 nitrogen and oxygen atoms in total. The molecule has 2 amide bonds. The molecule has 1 aliphatic rings. The molecule has 0 radical (unpaired) electrons. The predicted molar refractivity (Wildman–Crippen MR) is 115 cm³/mol. The monoisotopic (exact) mass is 423 g/mol. The van der Waals surface area contributed by atoms with Gasteiger partial charge in [-0.2, -0.15) is 0 Å². The molecule has 1 aliphatic heterocycles. The predicted octanol–water partition coefficient (Wildman–Crippen LogP) is 6.38. The minimum atomic E-state index is -0.544.